The number of hydrogen-bond donors (Lipinski definition) is 1. The largest absolute Gasteiger partial charge is 0.380 e. The summed E-state index contributed by atoms with van der Waals surface area (Å²) in [6.45, 7) is 9.52. The molecule has 1 rings (SSSR count). The van der Waals surface area contributed by atoms with Crippen molar-refractivity contribution in [3.8, 4) is 0 Å². The lowest BCUT2D eigenvalue weighted by molar-refractivity contribution is 0.184. The van der Waals surface area contributed by atoms with Crippen LogP contribution in [0.1, 0.15) is 31.9 Å². The monoisotopic (exact) mass is 235 g/mol. The molecule has 0 spiro atoms. The average Bonchev–Trinajstić information content (AvgIpc) is 2.31. The molecule has 2 nitrogen and oxygen atoms in total. The van der Waals surface area contributed by atoms with Gasteiger partial charge in [-0.15, -0.1) is 0 Å². The van der Waals surface area contributed by atoms with Gasteiger partial charge >= 0.3 is 0 Å². The number of methoxy groups -OCH3 is 1. The minimum atomic E-state index is 0.692. The van der Waals surface area contributed by atoms with Crippen LogP contribution in [0.25, 0.3) is 0 Å². The lowest BCUT2D eigenvalue weighted by Crippen LogP contribution is -2.24. The number of nitrogens with one attached hydrogen (secondary N) is 1. The van der Waals surface area contributed by atoms with Gasteiger partial charge in [0.05, 0.1) is 6.61 Å². The van der Waals surface area contributed by atoms with Crippen LogP contribution in [0.5, 0.6) is 0 Å². The third-order valence-corrected chi connectivity index (χ3v) is 3.34. The lowest BCUT2D eigenvalue weighted by atomic mass is 9.98. The van der Waals surface area contributed by atoms with Crippen LogP contribution in [0.4, 0.5) is 0 Å². The summed E-state index contributed by atoms with van der Waals surface area (Å²) in [5.41, 5.74) is 2.62. The van der Waals surface area contributed by atoms with Gasteiger partial charge in [-0.05, 0) is 29.5 Å². The van der Waals surface area contributed by atoms with E-state index >= 15 is 0 Å². The van der Waals surface area contributed by atoms with E-state index in [0.717, 1.165) is 19.0 Å². The quantitative estimate of drug-likeness (QED) is 0.783. The smallest absolute Gasteiger partial charge is 0.0716 e. The summed E-state index contributed by atoms with van der Waals surface area (Å²) in [4.78, 5) is 0. The number of ether oxygens (including phenoxy) is 1. The number of hydrogen-bond acceptors (Lipinski definition) is 2. The Kier molecular flexibility index (Phi) is 6.23. The Hall–Kier alpha value is -0.860. The van der Waals surface area contributed by atoms with Crippen molar-refractivity contribution in [1.82, 2.24) is 5.32 Å². The molecule has 1 atom stereocenters. The summed E-state index contributed by atoms with van der Waals surface area (Å²) in [5.74, 6) is 1.45. The van der Waals surface area contributed by atoms with Gasteiger partial charge in [0, 0.05) is 13.7 Å². The van der Waals surface area contributed by atoms with Gasteiger partial charge in [-0.2, -0.15) is 0 Å². The first-order valence-electron chi connectivity index (χ1n) is 6.41. The molecule has 0 bridgehead atoms. The molecule has 17 heavy (non-hydrogen) atoms. The second-order valence-corrected chi connectivity index (χ2v) is 5.05. The van der Waals surface area contributed by atoms with Crippen molar-refractivity contribution in [2.45, 2.75) is 33.9 Å². The molecule has 0 aliphatic heterocycles. The Bertz CT molecular complexity index is 322. The molecule has 1 aromatic carbocycles. The predicted octanol–water partition coefficient (Wildman–Crippen LogP) is 3.21. The van der Waals surface area contributed by atoms with Crippen LogP contribution in [-0.4, -0.2) is 13.7 Å². The lowest BCUT2D eigenvalue weighted by Gasteiger charge is -2.17. The predicted molar refractivity (Wildman–Crippen MR) is 72.9 cm³/mol. The van der Waals surface area contributed by atoms with E-state index in [4.69, 9.17) is 4.74 Å². The van der Waals surface area contributed by atoms with Crippen LogP contribution in [-0.2, 0) is 17.9 Å². The van der Waals surface area contributed by atoms with Crippen molar-refractivity contribution in [3.63, 3.8) is 0 Å². The molecule has 0 aliphatic carbocycles. The maximum atomic E-state index is 5.21. The molecule has 0 heterocycles. The van der Waals surface area contributed by atoms with Gasteiger partial charge in [-0.25, -0.2) is 0 Å². The van der Waals surface area contributed by atoms with Gasteiger partial charge in [-0.1, -0.05) is 45.0 Å². The highest BCUT2D eigenvalue weighted by atomic mass is 16.5. The summed E-state index contributed by atoms with van der Waals surface area (Å²) in [7, 11) is 1.74. The van der Waals surface area contributed by atoms with Crippen molar-refractivity contribution in [1.29, 1.82) is 0 Å². The van der Waals surface area contributed by atoms with E-state index in [-0.39, 0.29) is 0 Å². The standard InChI is InChI=1S/C15H25NO/c1-12(2)13(3)9-16-10-14-7-5-6-8-15(14)11-17-4/h5-8,12-13,16H,9-11H2,1-4H3. The Morgan fingerprint density at radius 3 is 2.35 bits per heavy atom. The molecule has 1 aromatic rings. The van der Waals surface area contributed by atoms with E-state index < -0.39 is 0 Å². The second-order valence-electron chi connectivity index (χ2n) is 5.05. The minimum Gasteiger partial charge on any atom is -0.380 e. The van der Waals surface area contributed by atoms with E-state index in [9.17, 15) is 0 Å². The average molecular weight is 235 g/mol. The molecule has 0 saturated heterocycles. The van der Waals surface area contributed by atoms with Crippen molar-refractivity contribution in [3.05, 3.63) is 35.4 Å². The Labute approximate surface area is 105 Å². The SMILES string of the molecule is COCc1ccccc1CNCC(C)C(C)C. The summed E-state index contributed by atoms with van der Waals surface area (Å²) < 4.78 is 5.21. The normalized spacial score (nSPS) is 13.0. The Balaban J connectivity index is 2.45. The van der Waals surface area contributed by atoms with Crippen LogP contribution >= 0.6 is 0 Å². The topological polar surface area (TPSA) is 21.3 Å². The molecule has 96 valence electrons. The zero-order valence-electron chi connectivity index (χ0n) is 11.5. The maximum Gasteiger partial charge on any atom is 0.0716 e. The highest BCUT2D eigenvalue weighted by Gasteiger charge is 2.07. The number of benzene rings is 1. The molecular weight excluding hydrogens is 210 g/mol. The first kappa shape index (κ1) is 14.2. The highest BCUT2D eigenvalue weighted by molar-refractivity contribution is 5.26. The molecular formula is C15H25NO. The summed E-state index contributed by atoms with van der Waals surface area (Å²) in [6, 6.07) is 8.45. The molecule has 0 saturated carbocycles. The van der Waals surface area contributed by atoms with Crippen molar-refractivity contribution in [2.75, 3.05) is 13.7 Å². The van der Waals surface area contributed by atoms with Gasteiger partial charge in [-0.3, -0.25) is 0 Å². The fourth-order valence-corrected chi connectivity index (χ4v) is 1.70. The Morgan fingerprint density at radius 1 is 1.12 bits per heavy atom. The maximum absolute atomic E-state index is 5.21. The molecule has 0 amide bonds. The zero-order chi connectivity index (χ0) is 12.7. The van der Waals surface area contributed by atoms with Crippen LogP contribution in [0.3, 0.4) is 0 Å². The molecule has 2 heteroatoms. The van der Waals surface area contributed by atoms with Crippen LogP contribution in [0, 0.1) is 11.8 Å². The minimum absolute atomic E-state index is 0.692. The molecule has 0 fully saturated rings. The van der Waals surface area contributed by atoms with Gasteiger partial charge in [0.15, 0.2) is 0 Å². The summed E-state index contributed by atoms with van der Waals surface area (Å²) in [6.07, 6.45) is 0. The van der Waals surface area contributed by atoms with Gasteiger partial charge in [0.1, 0.15) is 0 Å². The third-order valence-electron chi connectivity index (χ3n) is 3.34. The van der Waals surface area contributed by atoms with Crippen molar-refractivity contribution < 1.29 is 4.74 Å². The number of rotatable bonds is 7. The second kappa shape index (κ2) is 7.46. The first-order chi connectivity index (χ1) is 8.15. The van der Waals surface area contributed by atoms with Gasteiger partial charge in [0.25, 0.3) is 0 Å². The molecule has 0 radical (unpaired) electrons. The summed E-state index contributed by atoms with van der Waals surface area (Å²) in [5, 5.41) is 3.53. The van der Waals surface area contributed by atoms with Crippen LogP contribution < -0.4 is 5.32 Å². The highest BCUT2D eigenvalue weighted by Crippen LogP contribution is 2.11. The molecule has 0 aromatic heterocycles. The van der Waals surface area contributed by atoms with E-state index in [1.165, 1.54) is 11.1 Å². The van der Waals surface area contributed by atoms with Crippen molar-refractivity contribution in [2.24, 2.45) is 11.8 Å². The zero-order valence-corrected chi connectivity index (χ0v) is 11.5. The fourth-order valence-electron chi connectivity index (χ4n) is 1.70. The molecule has 1 unspecified atom stereocenters. The van der Waals surface area contributed by atoms with E-state index in [1.807, 2.05) is 0 Å². The first-order valence-corrected chi connectivity index (χ1v) is 6.41. The van der Waals surface area contributed by atoms with Crippen molar-refractivity contribution >= 4 is 0 Å². The van der Waals surface area contributed by atoms with Gasteiger partial charge in [0.2, 0.25) is 0 Å². The Morgan fingerprint density at radius 2 is 1.76 bits per heavy atom. The van der Waals surface area contributed by atoms with Gasteiger partial charge < -0.3 is 10.1 Å². The molecule has 0 aliphatic rings. The van der Waals surface area contributed by atoms with E-state index in [0.29, 0.717) is 12.5 Å². The van der Waals surface area contributed by atoms with E-state index in [1.54, 1.807) is 7.11 Å². The molecule has 1 N–H and O–H groups in total. The fraction of sp³-hybridized carbons (Fsp3) is 0.600. The third kappa shape index (κ3) is 4.88. The summed E-state index contributed by atoms with van der Waals surface area (Å²) >= 11 is 0. The van der Waals surface area contributed by atoms with E-state index in [2.05, 4.69) is 50.4 Å². The van der Waals surface area contributed by atoms with Crippen LogP contribution in [0.2, 0.25) is 0 Å². The van der Waals surface area contributed by atoms with Crippen LogP contribution in [0.15, 0.2) is 24.3 Å².